The summed E-state index contributed by atoms with van der Waals surface area (Å²) in [4.78, 5) is 24.0. The number of nitrogens with one attached hydrogen (secondary N) is 1. The molecule has 0 atom stereocenters. The second-order valence-corrected chi connectivity index (χ2v) is 8.81. The Bertz CT molecular complexity index is 1300. The molecule has 3 aromatic carbocycles. The summed E-state index contributed by atoms with van der Waals surface area (Å²) in [6.07, 6.45) is 0.799. The molecule has 0 radical (unpaired) electrons. The van der Waals surface area contributed by atoms with Crippen molar-refractivity contribution in [1.29, 1.82) is 0 Å². The largest absolute Gasteiger partial charge is 0.496 e. The molecule has 178 valence electrons. The first kappa shape index (κ1) is 24.2. The summed E-state index contributed by atoms with van der Waals surface area (Å²) in [5.74, 6) is 1.45. The molecular weight excluding hydrogens is 460 g/mol. The smallest absolute Gasteiger partial charge is 0.221 e. The number of anilines is 1. The molecule has 0 aliphatic rings. The Kier molecular flexibility index (Phi) is 7.95. The number of amides is 1. The Morgan fingerprint density at radius 2 is 1.66 bits per heavy atom. The molecule has 0 fully saturated rings. The Balaban J connectivity index is 1.55. The highest BCUT2D eigenvalue weighted by atomic mass is 32.2. The maximum absolute atomic E-state index is 12.8. The van der Waals surface area contributed by atoms with E-state index >= 15 is 0 Å². The molecule has 8 heteroatoms. The maximum Gasteiger partial charge on any atom is 0.221 e. The first-order valence-corrected chi connectivity index (χ1v) is 12.2. The number of ketones is 1. The number of thioether (sulfide) groups is 1. The lowest BCUT2D eigenvalue weighted by Crippen LogP contribution is -2.09. The zero-order valence-corrected chi connectivity index (χ0v) is 20.4. The monoisotopic (exact) mass is 486 g/mol. The molecule has 1 heterocycles. The second-order valence-electron chi connectivity index (χ2n) is 7.86. The maximum atomic E-state index is 12.8. The van der Waals surface area contributed by atoms with Crippen LogP contribution in [0.2, 0.25) is 0 Å². The average molecular weight is 487 g/mol. The molecule has 0 bridgehead atoms. The quantitative estimate of drug-likeness (QED) is 0.247. The first-order chi connectivity index (χ1) is 17.0. The number of aryl methyl sites for hydroxylation is 1. The van der Waals surface area contributed by atoms with E-state index in [9.17, 15) is 9.59 Å². The normalized spacial score (nSPS) is 10.7. The predicted octanol–water partition coefficient (Wildman–Crippen LogP) is 5.13. The molecule has 7 nitrogen and oxygen atoms in total. The Hall–Kier alpha value is -3.91. The molecule has 0 unspecified atom stereocenters. The molecular formula is C27H26N4O3S. The number of carbonyl (C=O) groups is 2. The van der Waals surface area contributed by atoms with Crippen LogP contribution in [0.4, 0.5) is 5.69 Å². The zero-order valence-electron chi connectivity index (χ0n) is 19.6. The summed E-state index contributed by atoms with van der Waals surface area (Å²) in [6, 6.07) is 24.8. The lowest BCUT2D eigenvalue weighted by atomic mass is 10.1. The number of rotatable bonds is 10. The van der Waals surface area contributed by atoms with Crippen LogP contribution in [0.1, 0.15) is 22.8 Å². The fourth-order valence-electron chi connectivity index (χ4n) is 3.67. The molecule has 0 aliphatic heterocycles. The molecule has 1 N–H and O–H groups in total. The van der Waals surface area contributed by atoms with E-state index in [0.29, 0.717) is 34.5 Å². The third-order valence-electron chi connectivity index (χ3n) is 5.39. The van der Waals surface area contributed by atoms with Crippen LogP contribution in [0.3, 0.4) is 0 Å². The van der Waals surface area contributed by atoms with Crippen molar-refractivity contribution in [3.63, 3.8) is 0 Å². The van der Waals surface area contributed by atoms with Crippen molar-refractivity contribution in [2.24, 2.45) is 0 Å². The molecule has 0 saturated heterocycles. The van der Waals surface area contributed by atoms with Crippen molar-refractivity contribution in [3.8, 4) is 17.1 Å². The van der Waals surface area contributed by atoms with E-state index in [1.165, 1.54) is 24.2 Å². The molecule has 0 saturated carbocycles. The number of carbonyl (C=O) groups excluding carboxylic acids is 2. The Labute approximate surface area is 208 Å². The van der Waals surface area contributed by atoms with Gasteiger partial charge in [0, 0.05) is 24.7 Å². The first-order valence-electron chi connectivity index (χ1n) is 11.2. The summed E-state index contributed by atoms with van der Waals surface area (Å²) in [5.41, 5.74) is 3.29. The van der Waals surface area contributed by atoms with E-state index in [2.05, 4.69) is 27.6 Å². The Morgan fingerprint density at radius 1 is 0.943 bits per heavy atom. The number of ether oxygens (including phenoxy) is 1. The number of hydrogen-bond acceptors (Lipinski definition) is 6. The van der Waals surface area contributed by atoms with Crippen molar-refractivity contribution in [2.45, 2.75) is 25.0 Å². The minimum atomic E-state index is -0.152. The van der Waals surface area contributed by atoms with E-state index < -0.39 is 0 Å². The van der Waals surface area contributed by atoms with Gasteiger partial charge in [-0.05, 0) is 48.4 Å². The third-order valence-corrected chi connectivity index (χ3v) is 6.36. The highest BCUT2D eigenvalue weighted by molar-refractivity contribution is 7.99. The van der Waals surface area contributed by atoms with Crippen molar-refractivity contribution < 1.29 is 14.3 Å². The summed E-state index contributed by atoms with van der Waals surface area (Å²) in [5, 5.41) is 12.2. The number of aromatic nitrogens is 3. The van der Waals surface area contributed by atoms with Crippen LogP contribution in [0.5, 0.6) is 5.75 Å². The fourth-order valence-corrected chi connectivity index (χ4v) is 4.53. The molecule has 4 rings (SSSR count). The van der Waals surface area contributed by atoms with Crippen LogP contribution in [-0.4, -0.2) is 39.3 Å². The SMILES string of the molecule is COc1ccccc1-c1nnc(SCC(=O)c2ccc(NC(C)=O)cc2)n1CCc1ccccc1. The lowest BCUT2D eigenvalue weighted by molar-refractivity contribution is -0.114. The molecule has 1 aromatic heterocycles. The molecule has 0 aliphatic carbocycles. The number of methoxy groups -OCH3 is 1. The number of para-hydroxylation sites is 1. The van der Waals surface area contributed by atoms with Crippen molar-refractivity contribution in [2.75, 3.05) is 18.2 Å². The van der Waals surface area contributed by atoms with Crippen LogP contribution in [0.25, 0.3) is 11.4 Å². The summed E-state index contributed by atoms with van der Waals surface area (Å²) in [7, 11) is 1.63. The van der Waals surface area contributed by atoms with Gasteiger partial charge in [0.15, 0.2) is 16.8 Å². The standard InChI is InChI=1S/C27H26N4O3S/c1-19(32)28-22-14-12-21(13-15-22)24(33)18-35-27-30-29-26(23-10-6-7-11-25(23)34-2)31(27)17-16-20-8-4-3-5-9-20/h3-15H,16-18H2,1-2H3,(H,28,32). The molecule has 4 aromatic rings. The van der Waals surface area contributed by atoms with Gasteiger partial charge in [-0.15, -0.1) is 10.2 Å². The predicted molar refractivity (Wildman–Crippen MR) is 138 cm³/mol. The van der Waals surface area contributed by atoms with Gasteiger partial charge in [0.05, 0.1) is 18.4 Å². The van der Waals surface area contributed by atoms with Crippen LogP contribution >= 0.6 is 11.8 Å². The lowest BCUT2D eigenvalue weighted by Gasteiger charge is -2.12. The summed E-state index contributed by atoms with van der Waals surface area (Å²) in [6.45, 7) is 2.11. The van der Waals surface area contributed by atoms with E-state index in [1.54, 1.807) is 31.4 Å². The second kappa shape index (κ2) is 11.5. The molecule has 1 amide bonds. The number of hydrogen-bond donors (Lipinski definition) is 1. The number of Topliss-reactive ketones (excluding diaryl/α,β-unsaturated/α-hetero) is 1. The number of nitrogens with zero attached hydrogens (tertiary/aromatic N) is 3. The van der Waals surface area contributed by atoms with Gasteiger partial charge in [-0.1, -0.05) is 54.2 Å². The molecule has 35 heavy (non-hydrogen) atoms. The highest BCUT2D eigenvalue weighted by Crippen LogP contribution is 2.31. The van der Waals surface area contributed by atoms with Crippen molar-refractivity contribution >= 4 is 29.1 Å². The van der Waals surface area contributed by atoms with Gasteiger partial charge in [0.2, 0.25) is 5.91 Å². The highest BCUT2D eigenvalue weighted by Gasteiger charge is 2.19. The van der Waals surface area contributed by atoms with Gasteiger partial charge in [-0.2, -0.15) is 0 Å². The summed E-state index contributed by atoms with van der Waals surface area (Å²) < 4.78 is 7.59. The van der Waals surface area contributed by atoms with Crippen LogP contribution < -0.4 is 10.1 Å². The van der Waals surface area contributed by atoms with E-state index in [4.69, 9.17) is 4.74 Å². The topological polar surface area (TPSA) is 86.1 Å². The summed E-state index contributed by atoms with van der Waals surface area (Å²) >= 11 is 1.36. The minimum absolute atomic E-state index is 0.0270. The zero-order chi connectivity index (χ0) is 24.6. The van der Waals surface area contributed by atoms with Gasteiger partial charge < -0.3 is 14.6 Å². The van der Waals surface area contributed by atoms with Crippen LogP contribution in [0.15, 0.2) is 84.0 Å². The van der Waals surface area contributed by atoms with Gasteiger partial charge in [0.25, 0.3) is 0 Å². The van der Waals surface area contributed by atoms with Gasteiger partial charge in [-0.25, -0.2) is 0 Å². The van der Waals surface area contributed by atoms with Crippen molar-refractivity contribution in [1.82, 2.24) is 14.8 Å². The number of benzene rings is 3. The third kappa shape index (κ3) is 6.16. The van der Waals surface area contributed by atoms with Gasteiger partial charge in [-0.3, -0.25) is 9.59 Å². The van der Waals surface area contributed by atoms with Crippen LogP contribution in [0, 0.1) is 0 Å². The fraction of sp³-hybridized carbons (Fsp3) is 0.185. The van der Waals surface area contributed by atoms with E-state index in [0.717, 1.165) is 12.0 Å². The van der Waals surface area contributed by atoms with Gasteiger partial charge >= 0.3 is 0 Å². The van der Waals surface area contributed by atoms with E-state index in [1.807, 2.05) is 47.0 Å². The Morgan fingerprint density at radius 3 is 2.37 bits per heavy atom. The minimum Gasteiger partial charge on any atom is -0.496 e. The van der Waals surface area contributed by atoms with Crippen molar-refractivity contribution in [3.05, 3.63) is 90.0 Å². The van der Waals surface area contributed by atoms with E-state index in [-0.39, 0.29) is 17.4 Å². The van der Waals surface area contributed by atoms with Gasteiger partial charge in [0.1, 0.15) is 5.75 Å². The van der Waals surface area contributed by atoms with Crippen LogP contribution in [-0.2, 0) is 17.8 Å². The average Bonchev–Trinajstić information content (AvgIpc) is 3.29. The molecule has 0 spiro atoms.